The Morgan fingerprint density at radius 3 is 2.94 bits per heavy atom. The maximum absolute atomic E-state index is 11.6. The van der Waals surface area contributed by atoms with Gasteiger partial charge in [-0.2, -0.15) is 0 Å². The van der Waals surface area contributed by atoms with Crippen LogP contribution in [0.2, 0.25) is 0 Å². The monoisotopic (exact) mass is 229 g/mol. The summed E-state index contributed by atoms with van der Waals surface area (Å²) < 4.78 is 6.47. The molecule has 0 amide bonds. The van der Waals surface area contributed by atoms with Gasteiger partial charge in [-0.1, -0.05) is 0 Å². The van der Waals surface area contributed by atoms with E-state index in [9.17, 15) is 9.59 Å². The summed E-state index contributed by atoms with van der Waals surface area (Å²) >= 11 is 0. The van der Waals surface area contributed by atoms with Gasteiger partial charge < -0.3 is 4.42 Å². The molecule has 0 saturated heterocycles. The van der Waals surface area contributed by atoms with Crippen LogP contribution in [0.5, 0.6) is 0 Å². The second kappa shape index (κ2) is 3.44. The minimum Gasteiger partial charge on any atom is -0.443 e. The standard InChI is InChI=1S/C11H7N3O3/c15-10-3-4-14(11(16)13-10)7-1-2-8-9(5-7)17-6-12-8/h1-6H,(H,13,15,16). The Morgan fingerprint density at radius 1 is 1.24 bits per heavy atom. The van der Waals surface area contributed by atoms with Gasteiger partial charge in [-0.3, -0.25) is 14.3 Å². The van der Waals surface area contributed by atoms with E-state index in [0.717, 1.165) is 0 Å². The van der Waals surface area contributed by atoms with E-state index in [1.807, 2.05) is 0 Å². The molecule has 84 valence electrons. The second-order valence-electron chi connectivity index (χ2n) is 3.48. The van der Waals surface area contributed by atoms with Crippen LogP contribution >= 0.6 is 0 Å². The third-order valence-electron chi connectivity index (χ3n) is 2.42. The Bertz CT molecular complexity index is 797. The van der Waals surface area contributed by atoms with E-state index in [1.54, 1.807) is 18.2 Å². The fraction of sp³-hybridized carbons (Fsp3) is 0. The number of hydrogen-bond acceptors (Lipinski definition) is 4. The zero-order chi connectivity index (χ0) is 11.8. The van der Waals surface area contributed by atoms with Crippen LogP contribution in [-0.4, -0.2) is 14.5 Å². The molecule has 17 heavy (non-hydrogen) atoms. The number of rotatable bonds is 1. The van der Waals surface area contributed by atoms with Crippen molar-refractivity contribution in [3.63, 3.8) is 0 Å². The molecular formula is C11H7N3O3. The van der Waals surface area contributed by atoms with Crippen molar-refractivity contribution in [2.45, 2.75) is 0 Å². The summed E-state index contributed by atoms with van der Waals surface area (Å²) in [6, 6.07) is 6.43. The van der Waals surface area contributed by atoms with Gasteiger partial charge in [-0.15, -0.1) is 0 Å². The molecule has 1 aromatic carbocycles. The first kappa shape index (κ1) is 9.59. The molecule has 0 bridgehead atoms. The Labute approximate surface area is 94.2 Å². The second-order valence-corrected chi connectivity index (χ2v) is 3.48. The van der Waals surface area contributed by atoms with Crippen LogP contribution in [0.1, 0.15) is 0 Å². The Morgan fingerprint density at radius 2 is 2.12 bits per heavy atom. The predicted molar refractivity (Wildman–Crippen MR) is 60.2 cm³/mol. The lowest BCUT2D eigenvalue weighted by Crippen LogP contribution is -2.27. The molecule has 6 nitrogen and oxygen atoms in total. The van der Waals surface area contributed by atoms with Crippen LogP contribution in [0.15, 0.2) is 50.9 Å². The largest absolute Gasteiger partial charge is 0.443 e. The fourth-order valence-corrected chi connectivity index (χ4v) is 1.61. The van der Waals surface area contributed by atoms with Gasteiger partial charge in [-0.05, 0) is 12.1 Å². The van der Waals surface area contributed by atoms with Crippen molar-refractivity contribution in [3.05, 3.63) is 57.7 Å². The zero-order valence-electron chi connectivity index (χ0n) is 8.58. The van der Waals surface area contributed by atoms with Crippen LogP contribution in [0, 0.1) is 0 Å². The average molecular weight is 229 g/mol. The molecule has 2 aromatic heterocycles. The normalized spacial score (nSPS) is 10.8. The van der Waals surface area contributed by atoms with Gasteiger partial charge >= 0.3 is 5.69 Å². The van der Waals surface area contributed by atoms with Crippen molar-refractivity contribution < 1.29 is 4.42 Å². The average Bonchev–Trinajstić information content (AvgIpc) is 2.75. The molecule has 3 aromatic rings. The predicted octanol–water partition coefficient (Wildman–Crippen LogP) is 0.667. The number of nitrogens with one attached hydrogen (secondary N) is 1. The highest BCUT2D eigenvalue weighted by Gasteiger charge is 2.03. The van der Waals surface area contributed by atoms with Crippen LogP contribution in [0.4, 0.5) is 0 Å². The van der Waals surface area contributed by atoms with Crippen LogP contribution in [-0.2, 0) is 0 Å². The summed E-state index contributed by atoms with van der Waals surface area (Å²) in [6.07, 6.45) is 2.75. The lowest BCUT2D eigenvalue weighted by molar-refractivity contribution is 0.602. The molecular weight excluding hydrogens is 222 g/mol. The number of fused-ring (bicyclic) bond motifs is 1. The zero-order valence-corrected chi connectivity index (χ0v) is 8.58. The van der Waals surface area contributed by atoms with Gasteiger partial charge in [0.1, 0.15) is 5.52 Å². The van der Waals surface area contributed by atoms with Crippen molar-refractivity contribution >= 4 is 11.1 Å². The van der Waals surface area contributed by atoms with E-state index < -0.39 is 11.2 Å². The van der Waals surface area contributed by atoms with E-state index in [-0.39, 0.29) is 0 Å². The summed E-state index contributed by atoms with van der Waals surface area (Å²) in [5.74, 6) is 0. The molecule has 0 aliphatic heterocycles. The van der Waals surface area contributed by atoms with E-state index in [4.69, 9.17) is 4.42 Å². The summed E-state index contributed by atoms with van der Waals surface area (Å²) in [5.41, 5.74) is 0.991. The molecule has 2 heterocycles. The molecule has 0 aliphatic carbocycles. The van der Waals surface area contributed by atoms with Gasteiger partial charge in [0, 0.05) is 18.3 Å². The SMILES string of the molecule is O=c1ccn(-c2ccc3ncoc3c2)c(=O)[nH]1. The summed E-state index contributed by atoms with van der Waals surface area (Å²) in [7, 11) is 0. The van der Waals surface area contributed by atoms with E-state index in [0.29, 0.717) is 16.8 Å². The molecule has 0 spiro atoms. The fourth-order valence-electron chi connectivity index (χ4n) is 1.61. The van der Waals surface area contributed by atoms with Crippen molar-refractivity contribution in [3.8, 4) is 5.69 Å². The van der Waals surface area contributed by atoms with Gasteiger partial charge in [0.25, 0.3) is 5.56 Å². The number of benzene rings is 1. The first-order valence-corrected chi connectivity index (χ1v) is 4.90. The van der Waals surface area contributed by atoms with E-state index in [2.05, 4.69) is 9.97 Å². The molecule has 0 unspecified atom stereocenters. The van der Waals surface area contributed by atoms with Crippen molar-refractivity contribution in [1.82, 2.24) is 14.5 Å². The third kappa shape index (κ3) is 1.55. The summed E-state index contributed by atoms with van der Waals surface area (Å²) in [4.78, 5) is 28.7. The van der Waals surface area contributed by atoms with Crippen molar-refractivity contribution in [2.75, 3.05) is 0 Å². The molecule has 0 atom stereocenters. The highest BCUT2D eigenvalue weighted by atomic mass is 16.3. The van der Waals surface area contributed by atoms with Crippen LogP contribution in [0.25, 0.3) is 16.8 Å². The molecule has 0 saturated carbocycles. The Kier molecular flexibility index (Phi) is 1.94. The van der Waals surface area contributed by atoms with Crippen LogP contribution in [0.3, 0.4) is 0 Å². The quantitative estimate of drug-likeness (QED) is 0.664. The molecule has 0 aliphatic rings. The number of hydrogen-bond donors (Lipinski definition) is 1. The van der Waals surface area contributed by atoms with Gasteiger partial charge in [-0.25, -0.2) is 9.78 Å². The highest BCUT2D eigenvalue weighted by Crippen LogP contribution is 2.15. The maximum atomic E-state index is 11.6. The molecule has 6 heteroatoms. The highest BCUT2D eigenvalue weighted by molar-refractivity contribution is 5.74. The first-order chi connectivity index (χ1) is 8.24. The van der Waals surface area contributed by atoms with Gasteiger partial charge in [0.2, 0.25) is 0 Å². The van der Waals surface area contributed by atoms with Gasteiger partial charge in [0.05, 0.1) is 5.69 Å². The number of H-pyrrole nitrogens is 1. The van der Waals surface area contributed by atoms with E-state index >= 15 is 0 Å². The number of aromatic amines is 1. The summed E-state index contributed by atoms with van der Waals surface area (Å²) in [5, 5.41) is 0. The number of nitrogens with zero attached hydrogens (tertiary/aromatic N) is 2. The number of oxazole rings is 1. The minimum absolute atomic E-state index is 0.424. The van der Waals surface area contributed by atoms with Crippen molar-refractivity contribution in [2.24, 2.45) is 0 Å². The molecule has 1 N–H and O–H groups in total. The molecule has 0 fully saturated rings. The third-order valence-corrected chi connectivity index (χ3v) is 2.42. The molecule has 3 rings (SSSR count). The van der Waals surface area contributed by atoms with E-state index in [1.165, 1.54) is 23.2 Å². The number of aromatic nitrogens is 3. The van der Waals surface area contributed by atoms with Crippen LogP contribution < -0.4 is 11.2 Å². The Balaban J connectivity index is 2.26. The smallest absolute Gasteiger partial charge is 0.332 e. The van der Waals surface area contributed by atoms with Gasteiger partial charge in [0.15, 0.2) is 12.0 Å². The minimum atomic E-state index is -0.489. The lowest BCUT2D eigenvalue weighted by atomic mass is 10.3. The lowest BCUT2D eigenvalue weighted by Gasteiger charge is -2.03. The topological polar surface area (TPSA) is 80.9 Å². The Hall–Kier alpha value is -2.63. The first-order valence-electron chi connectivity index (χ1n) is 4.90. The van der Waals surface area contributed by atoms with Crippen molar-refractivity contribution in [1.29, 1.82) is 0 Å². The molecule has 0 radical (unpaired) electrons. The summed E-state index contributed by atoms with van der Waals surface area (Å²) in [6.45, 7) is 0. The maximum Gasteiger partial charge on any atom is 0.332 e.